The molecule has 2 N–H and O–H groups in total. The maximum atomic E-state index is 13.1. The molecule has 0 aliphatic rings. The summed E-state index contributed by atoms with van der Waals surface area (Å²) in [5, 5.41) is 2.73. The fraction of sp³-hybridized carbons (Fsp3) is 0.136. The molecule has 0 fully saturated rings. The lowest BCUT2D eigenvalue weighted by molar-refractivity contribution is 0.102. The Morgan fingerprint density at radius 1 is 0.774 bits per heavy atom. The van der Waals surface area contributed by atoms with Crippen LogP contribution in [0.1, 0.15) is 10.4 Å². The predicted octanol–water partition coefficient (Wildman–Crippen LogP) is 3.77. The lowest BCUT2D eigenvalue weighted by atomic mass is 10.2. The Hall–Kier alpha value is -3.72. The van der Waals surface area contributed by atoms with Crippen LogP contribution in [0.25, 0.3) is 0 Å². The number of carbonyl (C=O) groups excluding carboxylic acids is 1. The normalized spacial score (nSPS) is 10.8. The Morgan fingerprint density at radius 2 is 1.32 bits per heavy atom. The second kappa shape index (κ2) is 9.40. The summed E-state index contributed by atoms with van der Waals surface area (Å²) in [4.78, 5) is 12.4. The average Bonchev–Trinajstić information content (AvgIpc) is 2.79. The second-order valence-corrected chi connectivity index (χ2v) is 8.01. The van der Waals surface area contributed by atoms with Crippen LogP contribution in [-0.2, 0) is 10.0 Å². The van der Waals surface area contributed by atoms with Gasteiger partial charge in [-0.1, -0.05) is 30.3 Å². The molecule has 3 aromatic carbocycles. The minimum absolute atomic E-state index is 0.0915. The van der Waals surface area contributed by atoms with E-state index in [0.717, 1.165) is 0 Å². The molecule has 0 atom stereocenters. The fourth-order valence-electron chi connectivity index (χ4n) is 2.88. The van der Waals surface area contributed by atoms with Crippen molar-refractivity contribution in [3.8, 4) is 17.2 Å². The van der Waals surface area contributed by atoms with Gasteiger partial charge in [0.2, 0.25) is 5.75 Å². The first-order valence-corrected chi connectivity index (χ1v) is 10.7. The number of nitrogens with one attached hydrogen (secondary N) is 2. The van der Waals surface area contributed by atoms with Crippen LogP contribution in [0, 0.1) is 0 Å². The van der Waals surface area contributed by atoms with E-state index in [-0.39, 0.29) is 33.7 Å². The van der Waals surface area contributed by atoms with E-state index in [9.17, 15) is 13.2 Å². The number of sulfonamides is 1. The Bertz CT molecular complexity index is 1150. The molecule has 0 bridgehead atoms. The van der Waals surface area contributed by atoms with Gasteiger partial charge in [-0.25, -0.2) is 8.42 Å². The van der Waals surface area contributed by atoms with Crippen molar-refractivity contribution in [1.29, 1.82) is 0 Å². The first-order valence-electron chi connectivity index (χ1n) is 9.18. The zero-order chi connectivity index (χ0) is 22.4. The first-order chi connectivity index (χ1) is 14.9. The Balaban J connectivity index is 1.93. The van der Waals surface area contributed by atoms with Gasteiger partial charge in [0.25, 0.3) is 15.9 Å². The number of benzene rings is 3. The molecule has 31 heavy (non-hydrogen) atoms. The smallest absolute Gasteiger partial charge is 0.262 e. The van der Waals surface area contributed by atoms with Crippen LogP contribution in [0.4, 0.5) is 11.4 Å². The standard InChI is InChI=1S/C22H22N2O6S/c1-28-19-13-16(14-20(29-2)21(19)30-3)31(26,27)24-18-12-8-7-11-17(18)23-22(25)15-9-5-4-6-10-15/h4-14,24H,1-3H3,(H,23,25). The van der Waals surface area contributed by atoms with Crippen LogP contribution in [-0.4, -0.2) is 35.7 Å². The second-order valence-electron chi connectivity index (χ2n) is 6.33. The van der Waals surface area contributed by atoms with Crippen LogP contribution in [0.2, 0.25) is 0 Å². The van der Waals surface area contributed by atoms with E-state index in [1.807, 2.05) is 0 Å². The highest BCUT2D eigenvalue weighted by atomic mass is 32.2. The molecule has 162 valence electrons. The van der Waals surface area contributed by atoms with Gasteiger partial charge in [-0.05, 0) is 24.3 Å². The van der Waals surface area contributed by atoms with Gasteiger partial charge in [-0.2, -0.15) is 0 Å². The summed E-state index contributed by atoms with van der Waals surface area (Å²) in [5.74, 6) is 0.320. The summed E-state index contributed by atoms with van der Waals surface area (Å²) in [6.45, 7) is 0. The molecule has 9 heteroatoms. The molecule has 0 heterocycles. The van der Waals surface area contributed by atoms with Gasteiger partial charge in [0.1, 0.15) is 0 Å². The Morgan fingerprint density at radius 3 is 1.87 bits per heavy atom. The van der Waals surface area contributed by atoms with Crippen molar-refractivity contribution < 1.29 is 27.4 Å². The molecule has 0 radical (unpaired) electrons. The minimum Gasteiger partial charge on any atom is -0.493 e. The maximum Gasteiger partial charge on any atom is 0.262 e. The topological polar surface area (TPSA) is 103 Å². The van der Waals surface area contributed by atoms with Gasteiger partial charge in [-0.3, -0.25) is 9.52 Å². The summed E-state index contributed by atoms with van der Waals surface area (Å²) in [5.41, 5.74) is 0.970. The SMILES string of the molecule is COc1cc(S(=O)(=O)Nc2ccccc2NC(=O)c2ccccc2)cc(OC)c1OC. The van der Waals surface area contributed by atoms with E-state index >= 15 is 0 Å². The van der Waals surface area contributed by atoms with Gasteiger partial charge in [0.15, 0.2) is 11.5 Å². The fourth-order valence-corrected chi connectivity index (χ4v) is 3.99. The summed E-state index contributed by atoms with van der Waals surface area (Å²) in [6.07, 6.45) is 0. The van der Waals surface area contributed by atoms with Gasteiger partial charge < -0.3 is 19.5 Å². The van der Waals surface area contributed by atoms with Crippen LogP contribution in [0.15, 0.2) is 71.6 Å². The van der Waals surface area contributed by atoms with Crippen molar-refractivity contribution in [3.05, 3.63) is 72.3 Å². The van der Waals surface area contributed by atoms with E-state index in [2.05, 4.69) is 10.0 Å². The molecule has 0 aromatic heterocycles. The number of ether oxygens (including phenoxy) is 3. The summed E-state index contributed by atoms with van der Waals surface area (Å²) in [7, 11) is 0.182. The number of para-hydroxylation sites is 2. The number of hydrogen-bond acceptors (Lipinski definition) is 6. The molecular formula is C22H22N2O6S. The monoisotopic (exact) mass is 442 g/mol. The van der Waals surface area contributed by atoms with Crippen LogP contribution >= 0.6 is 0 Å². The number of anilines is 2. The lowest BCUT2D eigenvalue weighted by Crippen LogP contribution is -2.17. The first kappa shape index (κ1) is 22.0. The zero-order valence-corrected chi connectivity index (χ0v) is 18.0. The van der Waals surface area contributed by atoms with Gasteiger partial charge >= 0.3 is 0 Å². The highest BCUT2D eigenvalue weighted by Crippen LogP contribution is 2.40. The Kier molecular flexibility index (Phi) is 6.66. The molecule has 8 nitrogen and oxygen atoms in total. The summed E-state index contributed by atoms with van der Waals surface area (Å²) < 4.78 is 44.4. The predicted molar refractivity (Wildman–Crippen MR) is 118 cm³/mol. The molecule has 1 amide bonds. The van der Waals surface area contributed by atoms with E-state index in [1.165, 1.54) is 33.5 Å². The van der Waals surface area contributed by atoms with Gasteiger partial charge in [0, 0.05) is 17.7 Å². The van der Waals surface area contributed by atoms with Gasteiger partial charge in [-0.15, -0.1) is 0 Å². The zero-order valence-electron chi connectivity index (χ0n) is 17.2. The molecule has 3 aromatic rings. The largest absolute Gasteiger partial charge is 0.493 e. The quantitative estimate of drug-likeness (QED) is 0.551. The van der Waals surface area contributed by atoms with Crippen molar-refractivity contribution in [2.75, 3.05) is 31.4 Å². The molecule has 0 aliphatic heterocycles. The molecule has 0 aliphatic carbocycles. The maximum absolute atomic E-state index is 13.1. The molecular weight excluding hydrogens is 420 g/mol. The number of amides is 1. The van der Waals surface area contributed by atoms with E-state index in [0.29, 0.717) is 11.3 Å². The molecule has 0 spiro atoms. The number of carbonyl (C=O) groups is 1. The molecule has 3 rings (SSSR count). The van der Waals surface area contributed by atoms with Crippen molar-refractivity contribution in [1.82, 2.24) is 0 Å². The van der Waals surface area contributed by atoms with Gasteiger partial charge in [0.05, 0.1) is 37.6 Å². The van der Waals surface area contributed by atoms with Crippen LogP contribution in [0.5, 0.6) is 17.2 Å². The van der Waals surface area contributed by atoms with E-state index < -0.39 is 10.0 Å². The van der Waals surface area contributed by atoms with Crippen LogP contribution < -0.4 is 24.2 Å². The lowest BCUT2D eigenvalue weighted by Gasteiger charge is -2.16. The average molecular weight is 442 g/mol. The van der Waals surface area contributed by atoms with Crippen molar-refractivity contribution in [2.45, 2.75) is 4.90 Å². The third-order valence-electron chi connectivity index (χ3n) is 4.40. The number of rotatable bonds is 8. The highest BCUT2D eigenvalue weighted by molar-refractivity contribution is 7.92. The Labute approximate surface area is 180 Å². The van der Waals surface area contributed by atoms with Crippen molar-refractivity contribution >= 4 is 27.3 Å². The van der Waals surface area contributed by atoms with Crippen molar-refractivity contribution in [2.24, 2.45) is 0 Å². The molecule has 0 saturated carbocycles. The molecule has 0 unspecified atom stereocenters. The molecule has 0 saturated heterocycles. The van der Waals surface area contributed by atoms with E-state index in [4.69, 9.17) is 14.2 Å². The van der Waals surface area contributed by atoms with Crippen molar-refractivity contribution in [3.63, 3.8) is 0 Å². The van der Waals surface area contributed by atoms with E-state index in [1.54, 1.807) is 54.6 Å². The summed E-state index contributed by atoms with van der Waals surface area (Å²) >= 11 is 0. The minimum atomic E-state index is -4.04. The van der Waals surface area contributed by atoms with Crippen LogP contribution in [0.3, 0.4) is 0 Å². The third-order valence-corrected chi connectivity index (χ3v) is 5.75. The summed E-state index contributed by atoms with van der Waals surface area (Å²) in [6, 6.07) is 17.8. The third kappa shape index (κ3) is 4.89. The number of hydrogen-bond donors (Lipinski definition) is 2. The number of methoxy groups -OCH3 is 3. The highest BCUT2D eigenvalue weighted by Gasteiger charge is 2.22.